The van der Waals surface area contributed by atoms with E-state index in [1.54, 1.807) is 0 Å². The molecule has 0 saturated heterocycles. The fourth-order valence-electron chi connectivity index (χ4n) is 2.83. The average Bonchev–Trinajstić information content (AvgIpc) is 2.97. The zero-order valence-electron chi connectivity index (χ0n) is 17.4. The highest BCUT2D eigenvalue weighted by atomic mass is 19.4. The highest BCUT2D eigenvalue weighted by molar-refractivity contribution is 6.73. The van der Waals surface area contributed by atoms with E-state index in [-0.39, 0.29) is 16.8 Å². The molecule has 154 valence electrons. The topological polar surface area (TPSA) is 62.9 Å². The standard InChI is InChI=1S/C20H28F3N5/c1-7-8-9-10-19(5,6)26-14-15(27-28-16(14)18(2,3)4)17-24-11-13(12-25-17)20(21,22)23/h11-12H,7-10H2,1-6H3. The molecule has 0 aliphatic carbocycles. The third kappa shape index (κ3) is 5.45. The van der Waals surface area contributed by atoms with Gasteiger partial charge in [-0.05, 0) is 20.3 Å². The summed E-state index contributed by atoms with van der Waals surface area (Å²) in [5, 5.41) is 8.44. The molecule has 0 saturated carbocycles. The van der Waals surface area contributed by atoms with E-state index >= 15 is 0 Å². The first kappa shape index (κ1) is 22.2. The predicted octanol–water partition coefficient (Wildman–Crippen LogP) is 5.50. The minimum Gasteiger partial charge on any atom is -0.275 e. The molecule has 0 fully saturated rings. The van der Waals surface area contributed by atoms with Crippen LogP contribution < -0.4 is 0 Å². The fraction of sp³-hybridized carbons (Fsp3) is 0.650. The highest BCUT2D eigenvalue weighted by Crippen LogP contribution is 2.29. The molecule has 0 radical (unpaired) electrons. The molecular formula is C20H28F3N5. The summed E-state index contributed by atoms with van der Waals surface area (Å²) >= 11 is 0. The third-order valence-electron chi connectivity index (χ3n) is 4.41. The number of rotatable bonds is 6. The van der Waals surface area contributed by atoms with E-state index in [2.05, 4.69) is 27.1 Å². The van der Waals surface area contributed by atoms with Crippen molar-refractivity contribution in [3.63, 3.8) is 0 Å². The maximum absolute atomic E-state index is 12.8. The van der Waals surface area contributed by atoms with E-state index < -0.39 is 11.7 Å². The van der Waals surface area contributed by atoms with E-state index in [9.17, 15) is 13.2 Å². The Bertz CT molecular complexity index is 782. The van der Waals surface area contributed by atoms with Crippen LogP contribution in [-0.4, -0.2) is 32.6 Å². The Morgan fingerprint density at radius 3 is 2.04 bits per heavy atom. The number of alkyl halides is 3. The van der Waals surface area contributed by atoms with Crippen molar-refractivity contribution in [2.24, 2.45) is 20.6 Å². The molecular weight excluding hydrogens is 367 g/mol. The predicted molar refractivity (Wildman–Crippen MR) is 106 cm³/mol. The summed E-state index contributed by atoms with van der Waals surface area (Å²) in [7, 11) is 0. The monoisotopic (exact) mass is 395 g/mol. The quantitative estimate of drug-likeness (QED) is 0.597. The number of aromatic nitrogens is 2. The fourth-order valence-corrected chi connectivity index (χ4v) is 2.83. The number of hydrogen-bond acceptors (Lipinski definition) is 5. The van der Waals surface area contributed by atoms with Crippen molar-refractivity contribution in [1.29, 1.82) is 0 Å². The number of halogens is 3. The molecule has 1 aliphatic heterocycles. The van der Waals surface area contributed by atoms with E-state index in [1.807, 2.05) is 34.6 Å². The summed E-state index contributed by atoms with van der Waals surface area (Å²) in [6.07, 6.45) is 1.23. The van der Waals surface area contributed by atoms with Gasteiger partial charge in [0, 0.05) is 17.8 Å². The molecule has 0 atom stereocenters. The van der Waals surface area contributed by atoms with Crippen LogP contribution in [0.15, 0.2) is 27.6 Å². The molecule has 0 amide bonds. The molecule has 0 unspecified atom stereocenters. The van der Waals surface area contributed by atoms with Gasteiger partial charge in [0.25, 0.3) is 0 Å². The Hall–Kier alpha value is -2.12. The van der Waals surface area contributed by atoms with Crippen LogP contribution in [0.25, 0.3) is 0 Å². The molecule has 0 N–H and O–H groups in total. The summed E-state index contributed by atoms with van der Waals surface area (Å²) in [4.78, 5) is 12.7. The summed E-state index contributed by atoms with van der Waals surface area (Å²) in [6, 6.07) is 0. The van der Waals surface area contributed by atoms with Crippen molar-refractivity contribution in [2.45, 2.75) is 78.9 Å². The van der Waals surface area contributed by atoms with Gasteiger partial charge in [-0.25, -0.2) is 9.97 Å². The lowest BCUT2D eigenvalue weighted by atomic mass is 9.85. The largest absolute Gasteiger partial charge is 0.419 e. The molecule has 1 aliphatic rings. The van der Waals surface area contributed by atoms with Crippen LogP contribution >= 0.6 is 0 Å². The lowest BCUT2D eigenvalue weighted by Gasteiger charge is -2.24. The molecule has 0 aromatic carbocycles. The Morgan fingerprint density at radius 1 is 0.929 bits per heavy atom. The third-order valence-corrected chi connectivity index (χ3v) is 4.41. The second-order valence-electron chi connectivity index (χ2n) is 8.67. The first-order chi connectivity index (χ1) is 12.8. The zero-order chi connectivity index (χ0) is 21.2. The van der Waals surface area contributed by atoms with Gasteiger partial charge in [-0.1, -0.05) is 47.0 Å². The Kier molecular flexibility index (Phi) is 6.41. The summed E-state index contributed by atoms with van der Waals surface area (Å²) < 4.78 is 38.4. The normalized spacial score (nSPS) is 17.1. The highest BCUT2D eigenvalue weighted by Gasteiger charge is 2.36. The van der Waals surface area contributed by atoms with Crippen LogP contribution in [-0.2, 0) is 6.18 Å². The van der Waals surface area contributed by atoms with Crippen LogP contribution in [0.5, 0.6) is 0 Å². The SMILES string of the molecule is CCCCCC(C)(C)N=C1C(c2ncc(C(F)(F)F)cn2)=NN=C1C(C)(C)C. The number of unbranched alkanes of at least 4 members (excludes halogenated alkanes) is 2. The summed E-state index contributed by atoms with van der Waals surface area (Å²) in [5.74, 6) is 0.0964. The van der Waals surface area contributed by atoms with Gasteiger partial charge in [0.15, 0.2) is 11.5 Å². The molecule has 1 aromatic rings. The first-order valence-electron chi connectivity index (χ1n) is 9.51. The van der Waals surface area contributed by atoms with E-state index in [0.29, 0.717) is 17.1 Å². The molecule has 5 nitrogen and oxygen atoms in total. The van der Waals surface area contributed by atoms with Gasteiger partial charge in [-0.15, -0.1) is 5.10 Å². The Morgan fingerprint density at radius 2 is 1.54 bits per heavy atom. The van der Waals surface area contributed by atoms with Gasteiger partial charge in [-0.2, -0.15) is 18.3 Å². The van der Waals surface area contributed by atoms with Crippen molar-refractivity contribution in [2.75, 3.05) is 0 Å². The number of nitrogens with zero attached hydrogens (tertiary/aromatic N) is 5. The van der Waals surface area contributed by atoms with E-state index in [4.69, 9.17) is 4.99 Å². The Labute approximate surface area is 164 Å². The zero-order valence-corrected chi connectivity index (χ0v) is 17.4. The molecule has 2 heterocycles. The molecule has 1 aromatic heterocycles. The molecule has 0 spiro atoms. The maximum Gasteiger partial charge on any atom is 0.419 e. The van der Waals surface area contributed by atoms with Crippen molar-refractivity contribution in [1.82, 2.24) is 9.97 Å². The van der Waals surface area contributed by atoms with E-state index in [0.717, 1.165) is 38.1 Å². The average molecular weight is 395 g/mol. The molecule has 28 heavy (non-hydrogen) atoms. The van der Waals surface area contributed by atoms with Gasteiger partial charge in [0.2, 0.25) is 0 Å². The van der Waals surface area contributed by atoms with Crippen LogP contribution in [0.1, 0.15) is 78.6 Å². The van der Waals surface area contributed by atoms with Crippen molar-refractivity contribution < 1.29 is 13.2 Å². The smallest absolute Gasteiger partial charge is 0.275 e. The second-order valence-corrected chi connectivity index (χ2v) is 8.67. The van der Waals surface area contributed by atoms with Crippen LogP contribution in [0.2, 0.25) is 0 Å². The van der Waals surface area contributed by atoms with Crippen LogP contribution in [0.3, 0.4) is 0 Å². The lowest BCUT2D eigenvalue weighted by molar-refractivity contribution is -0.138. The van der Waals surface area contributed by atoms with Gasteiger partial charge in [-0.3, -0.25) is 4.99 Å². The van der Waals surface area contributed by atoms with Gasteiger partial charge >= 0.3 is 6.18 Å². The lowest BCUT2D eigenvalue weighted by Crippen LogP contribution is -2.35. The maximum atomic E-state index is 12.8. The van der Waals surface area contributed by atoms with Gasteiger partial charge in [0.05, 0.1) is 16.8 Å². The van der Waals surface area contributed by atoms with Crippen molar-refractivity contribution >= 4 is 17.1 Å². The molecule has 2 rings (SSSR count). The summed E-state index contributed by atoms with van der Waals surface area (Å²) in [6.45, 7) is 12.2. The van der Waals surface area contributed by atoms with Gasteiger partial charge in [0.1, 0.15) is 5.71 Å². The first-order valence-corrected chi connectivity index (χ1v) is 9.51. The van der Waals surface area contributed by atoms with Crippen LogP contribution in [0.4, 0.5) is 13.2 Å². The minimum atomic E-state index is -4.48. The van der Waals surface area contributed by atoms with E-state index in [1.165, 1.54) is 0 Å². The van der Waals surface area contributed by atoms with Crippen molar-refractivity contribution in [3.05, 3.63) is 23.8 Å². The molecule has 0 bridgehead atoms. The Balaban J connectivity index is 2.40. The number of aliphatic imine (C=N–C) groups is 1. The second kappa shape index (κ2) is 8.09. The molecule has 8 heteroatoms. The van der Waals surface area contributed by atoms with Gasteiger partial charge < -0.3 is 0 Å². The van der Waals surface area contributed by atoms with Crippen molar-refractivity contribution in [3.8, 4) is 0 Å². The van der Waals surface area contributed by atoms with Crippen LogP contribution in [0, 0.1) is 5.41 Å². The minimum absolute atomic E-state index is 0.0964. The summed E-state index contributed by atoms with van der Waals surface area (Å²) in [5.41, 5.74) is -0.000940. The number of hydrogen-bond donors (Lipinski definition) is 0.